The number of benzene rings is 2. The molecule has 0 N–H and O–H groups in total. The van der Waals surface area contributed by atoms with Crippen LogP contribution < -0.4 is 18.5 Å². The second kappa shape index (κ2) is 10.2. The molecule has 2 heterocycles. The zero-order valence-corrected chi connectivity index (χ0v) is 22.0. The minimum Gasteiger partial charge on any atom is -0.497 e. The van der Waals surface area contributed by atoms with Gasteiger partial charge in [0, 0.05) is 41.3 Å². The molecule has 0 radical (unpaired) electrons. The summed E-state index contributed by atoms with van der Waals surface area (Å²) in [6.45, 7) is -0.141. The van der Waals surface area contributed by atoms with Gasteiger partial charge in [-0.2, -0.15) is 8.42 Å². The van der Waals surface area contributed by atoms with Crippen LogP contribution in [0.1, 0.15) is 23.7 Å². The van der Waals surface area contributed by atoms with Gasteiger partial charge in [-0.15, -0.1) is 11.3 Å². The Balaban J connectivity index is 1.78. The number of aromatic nitrogens is 1. The van der Waals surface area contributed by atoms with Crippen LogP contribution in [-0.4, -0.2) is 48.9 Å². The van der Waals surface area contributed by atoms with Crippen LogP contribution in [0, 0.1) is 5.82 Å². The summed E-state index contributed by atoms with van der Waals surface area (Å²) in [5.41, 5.74) is 0.606. The first-order chi connectivity index (χ1) is 17.0. The Morgan fingerprint density at radius 1 is 1.17 bits per heavy atom. The van der Waals surface area contributed by atoms with Gasteiger partial charge in [-0.3, -0.25) is 4.18 Å². The second-order valence-electron chi connectivity index (χ2n) is 7.75. The molecule has 2 aromatic carbocycles. The standard InChI is InChI=1S/C22H23FN2O8S3/c1-30-15-5-4-14(19(10-15)31-2)13-25(22-24-7-9-34-22)36(28,29)21-12-20-16(11-17(21)23)18(6-8-32-20)33-35(3,26)27/h4-5,7,9-12,18H,6,8,13H2,1-3H3. The van der Waals surface area contributed by atoms with Gasteiger partial charge in [-0.1, -0.05) is 0 Å². The topological polar surface area (TPSA) is 121 Å². The Bertz CT molecular complexity index is 1460. The third-order valence-electron chi connectivity index (χ3n) is 5.35. The van der Waals surface area contributed by atoms with Crippen molar-refractivity contribution in [1.82, 2.24) is 4.98 Å². The largest absolute Gasteiger partial charge is 0.497 e. The molecule has 10 nitrogen and oxygen atoms in total. The van der Waals surface area contributed by atoms with Crippen molar-refractivity contribution < 1.29 is 39.6 Å². The Morgan fingerprint density at radius 2 is 1.94 bits per heavy atom. The van der Waals surface area contributed by atoms with Crippen molar-refractivity contribution in [2.45, 2.75) is 24.0 Å². The van der Waals surface area contributed by atoms with Gasteiger partial charge in [0.15, 0.2) is 5.13 Å². The van der Waals surface area contributed by atoms with Crippen molar-refractivity contribution in [3.63, 3.8) is 0 Å². The molecular formula is C22H23FN2O8S3. The Labute approximate surface area is 212 Å². The van der Waals surface area contributed by atoms with Gasteiger partial charge in [-0.05, 0) is 18.2 Å². The maximum Gasteiger partial charge on any atom is 0.269 e. The average molecular weight is 559 g/mol. The van der Waals surface area contributed by atoms with Crippen LogP contribution in [-0.2, 0) is 30.9 Å². The lowest BCUT2D eigenvalue weighted by molar-refractivity contribution is 0.142. The highest BCUT2D eigenvalue weighted by Gasteiger charge is 2.34. The van der Waals surface area contributed by atoms with Gasteiger partial charge in [-0.25, -0.2) is 22.1 Å². The highest BCUT2D eigenvalue weighted by Crippen LogP contribution is 2.40. The van der Waals surface area contributed by atoms with Crippen molar-refractivity contribution in [2.75, 3.05) is 31.4 Å². The maximum atomic E-state index is 15.3. The highest BCUT2D eigenvalue weighted by molar-refractivity contribution is 7.93. The molecule has 3 aromatic rings. The van der Waals surface area contributed by atoms with E-state index >= 15 is 4.39 Å². The van der Waals surface area contributed by atoms with E-state index in [1.807, 2.05) is 0 Å². The monoisotopic (exact) mass is 558 g/mol. The summed E-state index contributed by atoms with van der Waals surface area (Å²) < 4.78 is 88.3. The molecule has 14 heteroatoms. The fourth-order valence-corrected chi connectivity index (χ4v) is 6.67. The fourth-order valence-electron chi connectivity index (χ4n) is 3.72. The van der Waals surface area contributed by atoms with E-state index < -0.39 is 37.0 Å². The zero-order chi connectivity index (χ0) is 26.1. The molecule has 0 saturated carbocycles. The Hall–Kier alpha value is -2.94. The van der Waals surface area contributed by atoms with E-state index in [2.05, 4.69) is 4.98 Å². The SMILES string of the molecule is COc1ccc(CN(c2nccs2)S(=O)(=O)c2cc3c(cc2F)C(OS(C)(=O)=O)CCO3)c(OC)c1. The van der Waals surface area contributed by atoms with Crippen LogP contribution in [0.25, 0.3) is 0 Å². The molecule has 0 amide bonds. The van der Waals surface area contributed by atoms with Crippen LogP contribution in [0.4, 0.5) is 9.52 Å². The summed E-state index contributed by atoms with van der Waals surface area (Å²) in [5.74, 6) is -0.162. The number of fused-ring (bicyclic) bond motifs is 1. The summed E-state index contributed by atoms with van der Waals surface area (Å²) in [5, 5.41) is 1.71. The van der Waals surface area contributed by atoms with Crippen LogP contribution in [0.3, 0.4) is 0 Å². The molecule has 0 fully saturated rings. The lowest BCUT2D eigenvalue weighted by atomic mass is 10.0. The molecule has 0 spiro atoms. The van der Waals surface area contributed by atoms with E-state index in [1.165, 1.54) is 20.4 Å². The molecule has 1 aliphatic heterocycles. The van der Waals surface area contributed by atoms with Crippen LogP contribution in [0.5, 0.6) is 17.2 Å². The van der Waals surface area contributed by atoms with Crippen LogP contribution >= 0.6 is 11.3 Å². The molecule has 0 aliphatic carbocycles. The number of hydrogen-bond donors (Lipinski definition) is 0. The Kier molecular flexibility index (Phi) is 7.41. The zero-order valence-electron chi connectivity index (χ0n) is 19.5. The lowest BCUT2D eigenvalue weighted by Crippen LogP contribution is -2.31. The summed E-state index contributed by atoms with van der Waals surface area (Å²) in [4.78, 5) is 3.47. The number of ether oxygens (including phenoxy) is 3. The van der Waals surface area contributed by atoms with Crippen LogP contribution in [0.2, 0.25) is 0 Å². The summed E-state index contributed by atoms with van der Waals surface area (Å²) in [6, 6.07) is 6.89. The normalized spacial score (nSPS) is 15.6. The average Bonchev–Trinajstić information content (AvgIpc) is 3.36. The van der Waals surface area contributed by atoms with Gasteiger partial charge >= 0.3 is 0 Å². The van der Waals surface area contributed by atoms with Crippen molar-refractivity contribution in [3.05, 3.63) is 58.9 Å². The van der Waals surface area contributed by atoms with E-state index in [9.17, 15) is 16.8 Å². The molecule has 1 aromatic heterocycles. The van der Waals surface area contributed by atoms with E-state index in [4.69, 9.17) is 18.4 Å². The molecule has 0 bridgehead atoms. The van der Waals surface area contributed by atoms with E-state index in [0.29, 0.717) is 17.1 Å². The number of halogens is 1. The smallest absolute Gasteiger partial charge is 0.269 e. The Morgan fingerprint density at radius 3 is 2.58 bits per heavy atom. The number of anilines is 1. The third kappa shape index (κ3) is 5.40. The van der Waals surface area contributed by atoms with Gasteiger partial charge in [0.2, 0.25) is 0 Å². The number of methoxy groups -OCH3 is 2. The first-order valence-electron chi connectivity index (χ1n) is 10.5. The summed E-state index contributed by atoms with van der Waals surface area (Å²) >= 11 is 1.06. The van der Waals surface area contributed by atoms with E-state index in [1.54, 1.807) is 23.6 Å². The third-order valence-corrected chi connectivity index (χ3v) is 8.59. The second-order valence-corrected chi connectivity index (χ2v) is 12.1. The van der Waals surface area contributed by atoms with Crippen LogP contribution in [0.15, 0.2) is 46.8 Å². The van der Waals surface area contributed by atoms with Crippen molar-refractivity contribution in [1.29, 1.82) is 0 Å². The minimum atomic E-state index is -4.50. The quantitative estimate of drug-likeness (QED) is 0.363. The fraction of sp³-hybridized carbons (Fsp3) is 0.318. The number of hydrogen-bond acceptors (Lipinski definition) is 10. The van der Waals surface area contributed by atoms with Gasteiger partial charge in [0.25, 0.3) is 20.1 Å². The minimum absolute atomic E-state index is 0.0241. The number of sulfonamides is 1. The van der Waals surface area contributed by atoms with E-state index in [0.717, 1.165) is 34.0 Å². The van der Waals surface area contributed by atoms with Gasteiger partial charge < -0.3 is 14.2 Å². The highest BCUT2D eigenvalue weighted by atomic mass is 32.2. The first kappa shape index (κ1) is 26.1. The molecule has 1 aliphatic rings. The predicted octanol–water partition coefficient (Wildman–Crippen LogP) is 3.49. The van der Waals surface area contributed by atoms with Crippen molar-refractivity contribution in [3.8, 4) is 17.2 Å². The predicted molar refractivity (Wildman–Crippen MR) is 130 cm³/mol. The van der Waals surface area contributed by atoms with Crippen molar-refractivity contribution >= 4 is 36.6 Å². The molecule has 1 atom stereocenters. The molecule has 4 rings (SSSR count). The summed E-state index contributed by atoms with van der Waals surface area (Å²) in [7, 11) is -5.40. The lowest BCUT2D eigenvalue weighted by Gasteiger charge is -2.27. The molecular weight excluding hydrogens is 535 g/mol. The van der Waals surface area contributed by atoms with Crippen molar-refractivity contribution in [2.24, 2.45) is 0 Å². The first-order valence-corrected chi connectivity index (χ1v) is 14.6. The summed E-state index contributed by atoms with van der Waals surface area (Å²) in [6.07, 6.45) is 1.49. The number of rotatable bonds is 9. The van der Waals surface area contributed by atoms with Gasteiger partial charge in [0.05, 0.1) is 33.6 Å². The number of nitrogens with zero attached hydrogens (tertiary/aromatic N) is 2. The molecule has 1 unspecified atom stereocenters. The van der Waals surface area contributed by atoms with Gasteiger partial charge in [0.1, 0.15) is 34.1 Å². The maximum absolute atomic E-state index is 15.3. The van der Waals surface area contributed by atoms with E-state index in [-0.39, 0.29) is 36.0 Å². The molecule has 36 heavy (non-hydrogen) atoms. The molecule has 194 valence electrons. The number of thiazole rings is 1. The molecule has 0 saturated heterocycles.